The Morgan fingerprint density at radius 1 is 1.32 bits per heavy atom. The Kier molecular flexibility index (Phi) is 3.13. The summed E-state index contributed by atoms with van der Waals surface area (Å²) in [7, 11) is 0. The Balaban J connectivity index is 2.04. The van der Waals surface area contributed by atoms with Gasteiger partial charge < -0.3 is 5.32 Å². The summed E-state index contributed by atoms with van der Waals surface area (Å²) in [6.07, 6.45) is 3.04. The maximum Gasteiger partial charge on any atom is 0.148 e. The Labute approximate surface area is 110 Å². The number of hydrogen-bond acceptors (Lipinski definition) is 3. The van der Waals surface area contributed by atoms with Crippen LogP contribution in [0.4, 0.5) is 4.39 Å². The lowest BCUT2D eigenvalue weighted by Crippen LogP contribution is -2.20. The third-order valence-corrected chi connectivity index (χ3v) is 3.34. The van der Waals surface area contributed by atoms with Crippen molar-refractivity contribution in [3.63, 3.8) is 0 Å². The molecular formula is C14H15FN4. The van der Waals surface area contributed by atoms with E-state index in [1.807, 2.05) is 6.92 Å². The molecule has 4 nitrogen and oxygen atoms in total. The van der Waals surface area contributed by atoms with Crippen LogP contribution < -0.4 is 5.32 Å². The van der Waals surface area contributed by atoms with E-state index < -0.39 is 0 Å². The standard InChI is InChI=1S/C14H15FN4/c1-10-14(11-6-8-16-9-7-11)17-18-19(10)13-5-3-2-4-12(13)15/h2-6,16H,7-9H2,1H3. The Hall–Kier alpha value is -2.01. The molecule has 2 heterocycles. The largest absolute Gasteiger partial charge is 0.313 e. The van der Waals surface area contributed by atoms with Crippen molar-refractivity contribution < 1.29 is 4.39 Å². The van der Waals surface area contributed by atoms with Crippen LogP contribution in [0.1, 0.15) is 17.8 Å². The fourth-order valence-electron chi connectivity index (χ4n) is 2.32. The molecule has 0 aliphatic carbocycles. The maximum atomic E-state index is 13.8. The molecule has 1 aromatic heterocycles. The van der Waals surface area contributed by atoms with Crippen LogP contribution in [0.2, 0.25) is 0 Å². The monoisotopic (exact) mass is 258 g/mol. The smallest absolute Gasteiger partial charge is 0.148 e. The van der Waals surface area contributed by atoms with Crippen molar-refractivity contribution >= 4 is 5.57 Å². The lowest BCUT2D eigenvalue weighted by Gasteiger charge is -2.12. The minimum Gasteiger partial charge on any atom is -0.313 e. The van der Waals surface area contributed by atoms with Crippen molar-refractivity contribution in [3.8, 4) is 5.69 Å². The molecule has 19 heavy (non-hydrogen) atoms. The molecule has 0 spiro atoms. The molecule has 0 bridgehead atoms. The average Bonchev–Trinajstić information content (AvgIpc) is 2.82. The van der Waals surface area contributed by atoms with Gasteiger partial charge in [0.2, 0.25) is 0 Å². The van der Waals surface area contributed by atoms with E-state index in [4.69, 9.17) is 0 Å². The highest BCUT2D eigenvalue weighted by Gasteiger charge is 2.16. The molecule has 98 valence electrons. The van der Waals surface area contributed by atoms with Gasteiger partial charge in [-0.3, -0.25) is 0 Å². The summed E-state index contributed by atoms with van der Waals surface area (Å²) < 4.78 is 15.4. The van der Waals surface area contributed by atoms with Gasteiger partial charge in [0, 0.05) is 6.54 Å². The molecule has 2 aromatic rings. The van der Waals surface area contributed by atoms with Crippen molar-refractivity contribution in [2.24, 2.45) is 0 Å². The number of nitrogens with zero attached hydrogens (tertiary/aromatic N) is 3. The fourth-order valence-corrected chi connectivity index (χ4v) is 2.32. The average molecular weight is 258 g/mol. The molecule has 0 fully saturated rings. The number of nitrogens with one attached hydrogen (secondary N) is 1. The second-order valence-electron chi connectivity index (χ2n) is 4.57. The second kappa shape index (κ2) is 4.93. The van der Waals surface area contributed by atoms with Gasteiger partial charge in [-0.05, 0) is 37.6 Å². The van der Waals surface area contributed by atoms with E-state index in [1.54, 1.807) is 22.9 Å². The van der Waals surface area contributed by atoms with Crippen molar-refractivity contribution in [1.82, 2.24) is 20.3 Å². The number of hydrogen-bond donors (Lipinski definition) is 1. The molecule has 0 atom stereocenters. The van der Waals surface area contributed by atoms with Crippen molar-refractivity contribution in [1.29, 1.82) is 0 Å². The number of aromatic nitrogens is 3. The van der Waals surface area contributed by atoms with E-state index in [2.05, 4.69) is 21.7 Å². The van der Waals surface area contributed by atoms with Gasteiger partial charge >= 0.3 is 0 Å². The van der Waals surface area contributed by atoms with E-state index in [0.717, 1.165) is 30.9 Å². The predicted molar refractivity (Wildman–Crippen MR) is 71.5 cm³/mol. The first kappa shape index (κ1) is 12.0. The first-order valence-electron chi connectivity index (χ1n) is 6.34. The molecule has 0 unspecified atom stereocenters. The summed E-state index contributed by atoms with van der Waals surface area (Å²) in [6.45, 7) is 3.71. The summed E-state index contributed by atoms with van der Waals surface area (Å²) in [4.78, 5) is 0. The van der Waals surface area contributed by atoms with E-state index in [-0.39, 0.29) is 5.82 Å². The van der Waals surface area contributed by atoms with Crippen LogP contribution in [0.3, 0.4) is 0 Å². The van der Waals surface area contributed by atoms with Crippen molar-refractivity contribution in [3.05, 3.63) is 47.5 Å². The van der Waals surface area contributed by atoms with E-state index in [0.29, 0.717) is 5.69 Å². The van der Waals surface area contributed by atoms with Crippen LogP contribution in [0, 0.1) is 12.7 Å². The van der Waals surface area contributed by atoms with E-state index in [1.165, 1.54) is 11.6 Å². The Bertz CT molecular complexity index is 630. The quantitative estimate of drug-likeness (QED) is 0.897. The molecule has 0 saturated carbocycles. The summed E-state index contributed by atoms with van der Waals surface area (Å²) >= 11 is 0. The maximum absolute atomic E-state index is 13.8. The molecule has 5 heteroatoms. The summed E-state index contributed by atoms with van der Waals surface area (Å²) in [5, 5.41) is 11.6. The van der Waals surface area contributed by atoms with Crippen LogP contribution in [0.15, 0.2) is 30.3 Å². The minimum absolute atomic E-state index is 0.290. The van der Waals surface area contributed by atoms with Gasteiger partial charge in [-0.15, -0.1) is 5.10 Å². The highest BCUT2D eigenvalue weighted by atomic mass is 19.1. The van der Waals surface area contributed by atoms with Gasteiger partial charge in [-0.1, -0.05) is 23.4 Å². The van der Waals surface area contributed by atoms with Crippen LogP contribution in [-0.4, -0.2) is 28.1 Å². The van der Waals surface area contributed by atoms with Gasteiger partial charge in [-0.2, -0.15) is 0 Å². The summed E-state index contributed by atoms with van der Waals surface area (Å²) in [5.41, 5.74) is 3.36. The van der Waals surface area contributed by atoms with Crippen LogP contribution in [-0.2, 0) is 0 Å². The highest BCUT2D eigenvalue weighted by molar-refractivity contribution is 5.65. The third kappa shape index (κ3) is 2.17. The molecule has 0 saturated heterocycles. The lowest BCUT2D eigenvalue weighted by molar-refractivity contribution is 0.604. The summed E-state index contributed by atoms with van der Waals surface area (Å²) in [6, 6.07) is 6.60. The van der Waals surface area contributed by atoms with Gasteiger partial charge in [0.1, 0.15) is 17.2 Å². The predicted octanol–water partition coefficient (Wildman–Crippen LogP) is 2.09. The molecule has 0 radical (unpaired) electrons. The van der Waals surface area contributed by atoms with Gasteiger partial charge in [-0.25, -0.2) is 9.07 Å². The molecule has 1 aromatic carbocycles. The molecule has 1 aliphatic rings. The third-order valence-electron chi connectivity index (χ3n) is 3.34. The zero-order valence-electron chi connectivity index (χ0n) is 10.7. The zero-order valence-corrected chi connectivity index (χ0v) is 10.7. The Morgan fingerprint density at radius 2 is 2.16 bits per heavy atom. The topological polar surface area (TPSA) is 42.7 Å². The normalized spacial score (nSPS) is 15.4. The van der Waals surface area contributed by atoms with Gasteiger partial charge in [0.15, 0.2) is 0 Å². The first-order valence-corrected chi connectivity index (χ1v) is 6.34. The fraction of sp³-hybridized carbons (Fsp3) is 0.286. The zero-order chi connectivity index (χ0) is 13.2. The Morgan fingerprint density at radius 3 is 2.89 bits per heavy atom. The summed E-state index contributed by atoms with van der Waals surface area (Å²) in [5.74, 6) is -0.290. The minimum atomic E-state index is -0.290. The van der Waals surface area contributed by atoms with Crippen LogP contribution in [0.25, 0.3) is 11.3 Å². The lowest BCUT2D eigenvalue weighted by atomic mass is 10.0. The van der Waals surface area contributed by atoms with Crippen LogP contribution in [0.5, 0.6) is 0 Å². The number of rotatable bonds is 2. The van der Waals surface area contributed by atoms with Crippen LogP contribution >= 0.6 is 0 Å². The van der Waals surface area contributed by atoms with Crippen molar-refractivity contribution in [2.45, 2.75) is 13.3 Å². The molecule has 1 N–H and O–H groups in total. The number of halogens is 1. The number of para-hydroxylation sites is 1. The molecule has 1 aliphatic heterocycles. The first-order chi connectivity index (χ1) is 9.27. The SMILES string of the molecule is Cc1c(C2=CCNCC2)nnn1-c1ccccc1F. The second-order valence-corrected chi connectivity index (χ2v) is 4.57. The molecule has 0 amide bonds. The number of benzene rings is 1. The van der Waals surface area contributed by atoms with Gasteiger partial charge in [0.05, 0.1) is 5.69 Å². The van der Waals surface area contributed by atoms with Crippen molar-refractivity contribution in [2.75, 3.05) is 13.1 Å². The molecule has 3 rings (SSSR count). The highest BCUT2D eigenvalue weighted by Crippen LogP contribution is 2.23. The van der Waals surface area contributed by atoms with Gasteiger partial charge in [0.25, 0.3) is 0 Å². The van der Waals surface area contributed by atoms with E-state index >= 15 is 0 Å². The molecular weight excluding hydrogens is 243 g/mol. The van der Waals surface area contributed by atoms with E-state index in [9.17, 15) is 4.39 Å².